The maximum Gasteiger partial charge on any atom is 0.407 e. The minimum atomic E-state index is -1.85. The predicted molar refractivity (Wildman–Crippen MR) is 104 cm³/mol. The molecule has 0 aromatic rings. The zero-order chi connectivity index (χ0) is 18.5. The van der Waals surface area contributed by atoms with E-state index in [9.17, 15) is 4.79 Å². The van der Waals surface area contributed by atoms with Gasteiger partial charge in [-0.25, -0.2) is 4.79 Å². The Morgan fingerprint density at radius 3 is 2.09 bits per heavy atom. The summed E-state index contributed by atoms with van der Waals surface area (Å²) in [4.78, 5) is 12.3. The summed E-state index contributed by atoms with van der Waals surface area (Å²) in [6.07, 6.45) is 1.63. The molecule has 138 valence electrons. The molecule has 0 unspecified atom stereocenters. The van der Waals surface area contributed by atoms with Crippen molar-refractivity contribution in [3.05, 3.63) is 0 Å². The molecule has 0 aliphatic heterocycles. The van der Waals surface area contributed by atoms with Crippen LogP contribution in [0.25, 0.3) is 0 Å². The molecule has 0 heterocycles. The second kappa shape index (κ2) is 8.86. The third-order valence-electron chi connectivity index (χ3n) is 4.13. The van der Waals surface area contributed by atoms with Crippen molar-refractivity contribution < 1.29 is 14.0 Å². The number of rotatable bonds is 7. The molecular formula is C17H36BrNO3Si. The number of hydrogen-bond donors (Lipinski definition) is 1. The Hall–Kier alpha value is -0.0731. The first-order chi connectivity index (χ1) is 10.2. The molecular weight excluding hydrogens is 374 g/mol. The third kappa shape index (κ3) is 9.10. The van der Waals surface area contributed by atoms with Gasteiger partial charge in [0.05, 0.1) is 12.6 Å². The van der Waals surface area contributed by atoms with Gasteiger partial charge in [-0.1, -0.05) is 50.0 Å². The summed E-state index contributed by atoms with van der Waals surface area (Å²) in [5.74, 6) is 0. The largest absolute Gasteiger partial charge is 0.444 e. The van der Waals surface area contributed by atoms with Gasteiger partial charge in [0, 0.05) is 4.83 Å². The van der Waals surface area contributed by atoms with Gasteiger partial charge in [0.2, 0.25) is 0 Å². The maximum absolute atomic E-state index is 12.1. The SMILES string of the molecule is CCC[C@@H](Br)[C@H](CO[Si](C)(C)C(C)(C)C)NC(=O)OC(C)(C)C. The second-order valence-electron chi connectivity index (χ2n) is 8.63. The fourth-order valence-corrected chi connectivity index (χ4v) is 3.46. The molecule has 0 rings (SSSR count). The number of carbonyl (C=O) groups excluding carboxylic acids is 1. The fourth-order valence-electron chi connectivity index (χ4n) is 1.69. The van der Waals surface area contributed by atoms with Gasteiger partial charge in [0.15, 0.2) is 8.32 Å². The van der Waals surface area contributed by atoms with Crippen molar-refractivity contribution in [2.24, 2.45) is 0 Å². The highest BCUT2D eigenvalue weighted by Gasteiger charge is 2.38. The quantitative estimate of drug-likeness (QED) is 0.448. The highest BCUT2D eigenvalue weighted by Crippen LogP contribution is 2.36. The molecule has 0 radical (unpaired) electrons. The van der Waals surface area contributed by atoms with Gasteiger partial charge in [-0.05, 0) is 45.3 Å². The van der Waals surface area contributed by atoms with Crippen LogP contribution in [0.3, 0.4) is 0 Å². The average molecular weight is 410 g/mol. The minimum absolute atomic E-state index is 0.0982. The zero-order valence-corrected chi connectivity index (χ0v) is 19.0. The smallest absolute Gasteiger partial charge is 0.407 e. The molecule has 0 saturated heterocycles. The maximum atomic E-state index is 12.1. The van der Waals surface area contributed by atoms with Crippen molar-refractivity contribution >= 4 is 30.3 Å². The molecule has 1 amide bonds. The third-order valence-corrected chi connectivity index (χ3v) is 9.73. The Morgan fingerprint density at radius 1 is 1.17 bits per heavy atom. The van der Waals surface area contributed by atoms with Gasteiger partial charge >= 0.3 is 6.09 Å². The Labute approximate surface area is 152 Å². The molecule has 2 atom stereocenters. The van der Waals surface area contributed by atoms with Gasteiger partial charge in [0.1, 0.15) is 5.60 Å². The van der Waals surface area contributed by atoms with Crippen molar-refractivity contribution in [1.29, 1.82) is 0 Å². The van der Waals surface area contributed by atoms with Crippen LogP contribution in [0.2, 0.25) is 18.1 Å². The monoisotopic (exact) mass is 409 g/mol. The molecule has 4 nitrogen and oxygen atoms in total. The highest BCUT2D eigenvalue weighted by atomic mass is 79.9. The second-order valence-corrected chi connectivity index (χ2v) is 14.6. The number of ether oxygens (including phenoxy) is 1. The first-order valence-corrected chi connectivity index (χ1v) is 12.3. The van der Waals surface area contributed by atoms with E-state index >= 15 is 0 Å². The molecule has 0 saturated carbocycles. The normalized spacial score (nSPS) is 15.9. The van der Waals surface area contributed by atoms with Crippen LogP contribution in [0.15, 0.2) is 0 Å². The molecule has 23 heavy (non-hydrogen) atoms. The summed E-state index contributed by atoms with van der Waals surface area (Å²) in [6, 6.07) is -0.0982. The fraction of sp³-hybridized carbons (Fsp3) is 0.941. The van der Waals surface area contributed by atoms with Crippen LogP contribution in [-0.4, -0.2) is 37.5 Å². The van der Waals surface area contributed by atoms with Gasteiger partial charge in [-0.2, -0.15) is 0 Å². The van der Waals surface area contributed by atoms with E-state index in [1.807, 2.05) is 20.8 Å². The lowest BCUT2D eigenvalue weighted by atomic mass is 10.1. The standard InChI is InChI=1S/C17H36BrNO3Si/c1-10-11-13(18)14(19-15(20)22-16(2,3)4)12-21-23(8,9)17(5,6)7/h13-14H,10-12H2,1-9H3,(H,19,20)/t13-,14+/m1/s1. The Morgan fingerprint density at radius 2 is 1.70 bits per heavy atom. The van der Waals surface area contributed by atoms with Crippen LogP contribution in [0.5, 0.6) is 0 Å². The highest BCUT2D eigenvalue weighted by molar-refractivity contribution is 9.09. The Balaban J connectivity index is 4.87. The molecule has 6 heteroatoms. The van der Waals surface area contributed by atoms with Crippen molar-refractivity contribution in [3.63, 3.8) is 0 Å². The Kier molecular flexibility index (Phi) is 8.83. The van der Waals surface area contributed by atoms with Crippen LogP contribution in [0.1, 0.15) is 61.3 Å². The summed E-state index contributed by atoms with van der Waals surface area (Å²) < 4.78 is 11.7. The number of amides is 1. The average Bonchev–Trinajstić information content (AvgIpc) is 2.30. The van der Waals surface area contributed by atoms with Gasteiger partial charge in [-0.15, -0.1) is 0 Å². The summed E-state index contributed by atoms with van der Waals surface area (Å²) in [7, 11) is -1.85. The number of hydrogen-bond acceptors (Lipinski definition) is 3. The topological polar surface area (TPSA) is 47.6 Å². The van der Waals surface area contributed by atoms with E-state index in [4.69, 9.17) is 9.16 Å². The molecule has 0 spiro atoms. The summed E-state index contributed by atoms with van der Waals surface area (Å²) >= 11 is 3.70. The van der Waals surface area contributed by atoms with Gasteiger partial charge in [-0.3, -0.25) is 0 Å². The lowest BCUT2D eigenvalue weighted by Crippen LogP contribution is -2.50. The van der Waals surface area contributed by atoms with Crippen molar-refractivity contribution in [2.75, 3.05) is 6.61 Å². The zero-order valence-electron chi connectivity index (χ0n) is 16.4. The summed E-state index contributed by atoms with van der Waals surface area (Å²) in [5, 5.41) is 3.12. The number of alkyl carbamates (subject to hydrolysis) is 1. The van der Waals surface area contributed by atoms with Crippen molar-refractivity contribution in [3.8, 4) is 0 Å². The van der Waals surface area contributed by atoms with E-state index in [1.54, 1.807) is 0 Å². The van der Waals surface area contributed by atoms with Crippen LogP contribution in [0, 0.1) is 0 Å². The minimum Gasteiger partial charge on any atom is -0.444 e. The van der Waals surface area contributed by atoms with E-state index in [2.05, 4.69) is 62.0 Å². The van der Waals surface area contributed by atoms with E-state index in [0.29, 0.717) is 6.61 Å². The van der Waals surface area contributed by atoms with E-state index < -0.39 is 13.9 Å². The molecule has 0 bridgehead atoms. The van der Waals surface area contributed by atoms with Gasteiger partial charge < -0.3 is 14.5 Å². The summed E-state index contributed by atoms with van der Waals surface area (Å²) in [6.45, 7) is 19.3. The molecule has 0 aliphatic carbocycles. The molecule has 0 aromatic carbocycles. The van der Waals surface area contributed by atoms with Crippen LogP contribution in [-0.2, 0) is 9.16 Å². The number of halogens is 1. The molecule has 1 N–H and O–H groups in total. The molecule has 0 aliphatic rings. The summed E-state index contributed by atoms with van der Waals surface area (Å²) in [5.41, 5.74) is -0.499. The van der Waals surface area contributed by atoms with Crippen molar-refractivity contribution in [2.45, 2.75) is 95.9 Å². The first kappa shape index (κ1) is 22.9. The molecule has 0 aromatic heterocycles. The predicted octanol–water partition coefficient (Wildman–Crippen LogP) is 5.47. The number of alkyl halides is 1. The van der Waals surface area contributed by atoms with Crippen molar-refractivity contribution in [1.82, 2.24) is 5.32 Å². The first-order valence-electron chi connectivity index (χ1n) is 8.47. The molecule has 0 fully saturated rings. The lowest BCUT2D eigenvalue weighted by molar-refractivity contribution is 0.0484. The number of carbonyl (C=O) groups is 1. The number of nitrogens with one attached hydrogen (secondary N) is 1. The van der Waals surface area contributed by atoms with E-state index in [0.717, 1.165) is 12.8 Å². The van der Waals surface area contributed by atoms with Crippen LogP contribution < -0.4 is 5.32 Å². The van der Waals surface area contributed by atoms with E-state index in [-0.39, 0.29) is 22.0 Å². The Bertz CT molecular complexity index is 375. The van der Waals surface area contributed by atoms with E-state index in [1.165, 1.54) is 0 Å². The lowest BCUT2D eigenvalue weighted by Gasteiger charge is -2.38. The van der Waals surface area contributed by atoms with Crippen LogP contribution >= 0.6 is 15.9 Å². The van der Waals surface area contributed by atoms with Gasteiger partial charge in [0.25, 0.3) is 0 Å². The van der Waals surface area contributed by atoms with Crippen LogP contribution in [0.4, 0.5) is 4.79 Å².